The molecule has 1 aliphatic rings. The van der Waals surface area contributed by atoms with E-state index in [9.17, 15) is 0 Å². The summed E-state index contributed by atoms with van der Waals surface area (Å²) in [4.78, 5) is 4.93. The van der Waals surface area contributed by atoms with E-state index in [1.165, 1.54) is 0 Å². The first-order valence-electron chi connectivity index (χ1n) is 5.86. The number of nitrogens with zero attached hydrogens (tertiary/aromatic N) is 2. The van der Waals surface area contributed by atoms with Crippen molar-refractivity contribution in [3.63, 3.8) is 0 Å². The molecule has 2 unspecified atom stereocenters. The molecule has 1 heterocycles. The van der Waals surface area contributed by atoms with Crippen LogP contribution < -0.4 is 5.73 Å². The van der Waals surface area contributed by atoms with Gasteiger partial charge in [0.1, 0.15) is 0 Å². The Morgan fingerprint density at radius 3 is 2.27 bits per heavy atom. The van der Waals surface area contributed by atoms with Crippen molar-refractivity contribution in [3.8, 4) is 0 Å². The molecule has 1 saturated heterocycles. The van der Waals surface area contributed by atoms with E-state index in [0.29, 0.717) is 12.1 Å². The maximum absolute atomic E-state index is 5.66. The number of ether oxygens (including phenoxy) is 1. The zero-order valence-corrected chi connectivity index (χ0v) is 10.3. The Morgan fingerprint density at radius 2 is 1.80 bits per heavy atom. The van der Waals surface area contributed by atoms with Crippen molar-refractivity contribution in [2.75, 3.05) is 46.4 Å². The van der Waals surface area contributed by atoms with Crippen LogP contribution in [0.25, 0.3) is 0 Å². The zero-order valence-electron chi connectivity index (χ0n) is 10.3. The van der Waals surface area contributed by atoms with Gasteiger partial charge in [0.25, 0.3) is 0 Å². The summed E-state index contributed by atoms with van der Waals surface area (Å²) < 4.78 is 5.27. The van der Waals surface area contributed by atoms with Crippen LogP contribution in [0.1, 0.15) is 13.8 Å². The Kier molecular flexibility index (Phi) is 5.53. The Balaban J connectivity index is 2.23. The largest absolute Gasteiger partial charge is 0.380 e. The van der Waals surface area contributed by atoms with Crippen molar-refractivity contribution in [2.24, 2.45) is 5.73 Å². The molecule has 15 heavy (non-hydrogen) atoms. The van der Waals surface area contributed by atoms with Gasteiger partial charge in [0.15, 0.2) is 0 Å². The third-order valence-corrected chi connectivity index (χ3v) is 3.29. The fraction of sp³-hybridized carbons (Fsp3) is 1.00. The highest BCUT2D eigenvalue weighted by Gasteiger charge is 2.20. The molecule has 0 saturated carbocycles. The summed E-state index contributed by atoms with van der Waals surface area (Å²) in [6.07, 6.45) is 0.337. The molecule has 90 valence electrons. The van der Waals surface area contributed by atoms with E-state index in [-0.39, 0.29) is 0 Å². The molecule has 0 aromatic rings. The molecule has 0 spiro atoms. The van der Waals surface area contributed by atoms with E-state index in [0.717, 1.165) is 39.3 Å². The molecule has 0 amide bonds. The lowest BCUT2D eigenvalue weighted by molar-refractivity contribution is 0.0447. The van der Waals surface area contributed by atoms with Crippen LogP contribution >= 0.6 is 0 Å². The molecule has 2 atom stereocenters. The molecular weight excluding hydrogens is 190 g/mol. The van der Waals surface area contributed by atoms with Crippen LogP contribution in [-0.2, 0) is 4.74 Å². The number of hydrogen-bond acceptors (Lipinski definition) is 4. The Hall–Kier alpha value is -0.160. The van der Waals surface area contributed by atoms with Crippen LogP contribution in [-0.4, -0.2) is 68.3 Å². The summed E-state index contributed by atoms with van der Waals surface area (Å²) in [5.74, 6) is 0. The highest BCUT2D eigenvalue weighted by molar-refractivity contribution is 4.77. The summed E-state index contributed by atoms with van der Waals surface area (Å²) in [6.45, 7) is 10.7. The SMILES string of the molecule is COC(C)CN1CCN(C(C)CN)CC1. The lowest BCUT2D eigenvalue weighted by Crippen LogP contribution is -2.52. The second kappa shape index (κ2) is 6.43. The van der Waals surface area contributed by atoms with Crippen LogP contribution in [0.5, 0.6) is 0 Å². The number of rotatable bonds is 5. The normalized spacial score (nSPS) is 24.0. The molecule has 0 radical (unpaired) electrons. The fourth-order valence-electron chi connectivity index (χ4n) is 1.97. The van der Waals surface area contributed by atoms with Crippen LogP contribution in [0, 0.1) is 0 Å². The maximum atomic E-state index is 5.66. The minimum Gasteiger partial charge on any atom is -0.380 e. The van der Waals surface area contributed by atoms with Crippen LogP contribution in [0.4, 0.5) is 0 Å². The lowest BCUT2D eigenvalue weighted by Gasteiger charge is -2.38. The maximum Gasteiger partial charge on any atom is 0.0670 e. The average Bonchev–Trinajstić information content (AvgIpc) is 2.29. The summed E-state index contributed by atoms with van der Waals surface area (Å²) in [5, 5.41) is 0. The predicted octanol–water partition coefficient (Wildman–Crippen LogP) is -0.0139. The Labute approximate surface area is 93.4 Å². The Morgan fingerprint density at radius 1 is 1.20 bits per heavy atom. The molecule has 2 N–H and O–H groups in total. The van der Waals surface area contributed by atoms with E-state index in [1.807, 2.05) is 0 Å². The summed E-state index contributed by atoms with van der Waals surface area (Å²) in [5.41, 5.74) is 5.66. The van der Waals surface area contributed by atoms with Crippen molar-refractivity contribution in [1.29, 1.82) is 0 Å². The molecule has 0 aliphatic carbocycles. The van der Waals surface area contributed by atoms with Gasteiger partial charge in [-0.2, -0.15) is 0 Å². The van der Waals surface area contributed by atoms with E-state index < -0.39 is 0 Å². The molecule has 4 heteroatoms. The molecule has 0 aromatic carbocycles. The standard InChI is InChI=1S/C11H25N3O/c1-10(8-12)14-6-4-13(5-7-14)9-11(2)15-3/h10-11H,4-9,12H2,1-3H3. The van der Waals surface area contributed by atoms with Gasteiger partial charge in [-0.3, -0.25) is 9.80 Å². The van der Waals surface area contributed by atoms with E-state index in [1.54, 1.807) is 7.11 Å². The summed E-state index contributed by atoms with van der Waals surface area (Å²) >= 11 is 0. The second-order valence-corrected chi connectivity index (χ2v) is 4.47. The number of piperazine rings is 1. The molecule has 0 aromatic heterocycles. The van der Waals surface area contributed by atoms with E-state index in [4.69, 9.17) is 10.5 Å². The number of methoxy groups -OCH3 is 1. The van der Waals surface area contributed by atoms with E-state index >= 15 is 0 Å². The van der Waals surface area contributed by atoms with Gasteiger partial charge in [-0.1, -0.05) is 0 Å². The smallest absolute Gasteiger partial charge is 0.0670 e. The third kappa shape index (κ3) is 4.07. The van der Waals surface area contributed by atoms with Gasteiger partial charge in [-0.15, -0.1) is 0 Å². The first kappa shape index (κ1) is 12.9. The molecular formula is C11H25N3O. The quantitative estimate of drug-likeness (QED) is 0.700. The second-order valence-electron chi connectivity index (χ2n) is 4.47. The van der Waals surface area contributed by atoms with Crippen LogP contribution in [0.15, 0.2) is 0 Å². The molecule has 4 nitrogen and oxygen atoms in total. The monoisotopic (exact) mass is 215 g/mol. The highest BCUT2D eigenvalue weighted by Crippen LogP contribution is 2.06. The van der Waals surface area contributed by atoms with Crippen LogP contribution in [0.2, 0.25) is 0 Å². The first-order chi connectivity index (χ1) is 7.17. The van der Waals surface area contributed by atoms with Crippen molar-refractivity contribution in [1.82, 2.24) is 9.80 Å². The van der Waals surface area contributed by atoms with Crippen molar-refractivity contribution in [2.45, 2.75) is 26.0 Å². The molecule has 1 fully saturated rings. The molecule has 1 aliphatic heterocycles. The topological polar surface area (TPSA) is 41.7 Å². The molecule has 1 rings (SSSR count). The van der Waals surface area contributed by atoms with E-state index in [2.05, 4.69) is 23.6 Å². The van der Waals surface area contributed by atoms with Gasteiger partial charge in [-0.05, 0) is 13.8 Å². The Bertz CT molecular complexity index is 169. The van der Waals surface area contributed by atoms with Gasteiger partial charge >= 0.3 is 0 Å². The number of hydrogen-bond donors (Lipinski definition) is 1. The van der Waals surface area contributed by atoms with Gasteiger partial charge < -0.3 is 10.5 Å². The van der Waals surface area contributed by atoms with Gasteiger partial charge in [-0.25, -0.2) is 0 Å². The highest BCUT2D eigenvalue weighted by atomic mass is 16.5. The average molecular weight is 215 g/mol. The minimum absolute atomic E-state index is 0.337. The molecule has 0 bridgehead atoms. The van der Waals surface area contributed by atoms with Crippen LogP contribution in [0.3, 0.4) is 0 Å². The fourth-order valence-corrected chi connectivity index (χ4v) is 1.97. The summed E-state index contributed by atoms with van der Waals surface area (Å²) in [6, 6.07) is 0.520. The third-order valence-electron chi connectivity index (χ3n) is 3.29. The van der Waals surface area contributed by atoms with Crippen molar-refractivity contribution >= 4 is 0 Å². The number of nitrogens with two attached hydrogens (primary N) is 1. The minimum atomic E-state index is 0.337. The zero-order chi connectivity index (χ0) is 11.3. The van der Waals surface area contributed by atoms with Crippen molar-refractivity contribution in [3.05, 3.63) is 0 Å². The summed E-state index contributed by atoms with van der Waals surface area (Å²) in [7, 11) is 1.78. The first-order valence-corrected chi connectivity index (χ1v) is 5.86. The van der Waals surface area contributed by atoms with Gasteiger partial charge in [0.2, 0.25) is 0 Å². The van der Waals surface area contributed by atoms with Gasteiger partial charge in [0, 0.05) is 52.4 Å². The predicted molar refractivity (Wildman–Crippen MR) is 63.0 cm³/mol. The van der Waals surface area contributed by atoms with Crippen molar-refractivity contribution < 1.29 is 4.74 Å². The lowest BCUT2D eigenvalue weighted by atomic mass is 10.2. The van der Waals surface area contributed by atoms with Gasteiger partial charge in [0.05, 0.1) is 6.10 Å².